The first-order chi connectivity index (χ1) is 7.63. The average molecular weight is 283 g/mol. The van der Waals surface area contributed by atoms with E-state index in [-0.39, 0.29) is 11.4 Å². The average Bonchev–Trinajstić information content (AvgIpc) is 2.27. The van der Waals surface area contributed by atoms with E-state index in [1.807, 2.05) is 0 Å². The summed E-state index contributed by atoms with van der Waals surface area (Å²) in [6, 6.07) is 4.74. The minimum atomic E-state index is -0.474. The van der Waals surface area contributed by atoms with Crippen LogP contribution in [0.4, 0.5) is 5.69 Å². The molecule has 0 amide bonds. The van der Waals surface area contributed by atoms with Gasteiger partial charge in [0.25, 0.3) is 0 Å². The Bertz CT molecular complexity index is 571. The number of nitrogens with zero attached hydrogens (tertiary/aromatic N) is 2. The Morgan fingerprint density at radius 1 is 1.50 bits per heavy atom. The van der Waals surface area contributed by atoms with Gasteiger partial charge in [0.15, 0.2) is 5.75 Å². The zero-order chi connectivity index (χ0) is 11.7. The van der Waals surface area contributed by atoms with Gasteiger partial charge in [0.2, 0.25) is 0 Å². The van der Waals surface area contributed by atoms with E-state index in [1.165, 1.54) is 13.2 Å². The zero-order valence-corrected chi connectivity index (χ0v) is 9.89. The molecular weight excluding hydrogens is 276 g/mol. The third kappa shape index (κ3) is 1.71. The number of methoxy groups -OCH3 is 1. The summed E-state index contributed by atoms with van der Waals surface area (Å²) in [6.07, 6.45) is 1.62. The highest BCUT2D eigenvalue weighted by Gasteiger charge is 2.17. The van der Waals surface area contributed by atoms with Crippen molar-refractivity contribution in [2.45, 2.75) is 0 Å². The van der Waals surface area contributed by atoms with Crippen LogP contribution in [0.3, 0.4) is 0 Å². The maximum absolute atomic E-state index is 10.8. The van der Waals surface area contributed by atoms with E-state index >= 15 is 0 Å². The molecule has 0 atom stereocenters. The third-order valence-corrected chi connectivity index (χ3v) is 2.88. The van der Waals surface area contributed by atoms with Crippen LogP contribution in [-0.2, 0) is 0 Å². The van der Waals surface area contributed by atoms with Crippen molar-refractivity contribution in [3.05, 3.63) is 39.0 Å². The number of hydrogen-bond acceptors (Lipinski definition) is 4. The molecule has 1 aromatic carbocycles. The van der Waals surface area contributed by atoms with Gasteiger partial charge in [0.1, 0.15) is 0 Å². The van der Waals surface area contributed by atoms with Crippen molar-refractivity contribution in [2.75, 3.05) is 7.11 Å². The maximum atomic E-state index is 10.8. The Balaban J connectivity index is 2.81. The smallest absolute Gasteiger partial charge is 0.311 e. The number of aromatic nitrogens is 1. The molecule has 1 heterocycles. The molecule has 0 aliphatic heterocycles. The second-order valence-corrected chi connectivity index (χ2v) is 3.95. The SMILES string of the molecule is COc1cc2nccc(Br)c2cc1[N+](=O)[O-]. The lowest BCUT2D eigenvalue weighted by molar-refractivity contribution is -0.385. The predicted molar refractivity (Wildman–Crippen MR) is 62.6 cm³/mol. The fourth-order valence-electron chi connectivity index (χ4n) is 1.43. The topological polar surface area (TPSA) is 65.3 Å². The number of rotatable bonds is 2. The molecule has 0 aliphatic rings. The quantitative estimate of drug-likeness (QED) is 0.628. The second-order valence-electron chi connectivity index (χ2n) is 3.09. The molecule has 2 aromatic rings. The largest absolute Gasteiger partial charge is 0.490 e. The Kier molecular flexibility index (Phi) is 2.74. The van der Waals surface area contributed by atoms with Crippen LogP contribution in [0, 0.1) is 10.1 Å². The first-order valence-electron chi connectivity index (χ1n) is 4.40. The van der Waals surface area contributed by atoms with Crippen LogP contribution < -0.4 is 4.74 Å². The molecule has 0 spiro atoms. The number of ether oxygens (including phenoxy) is 1. The van der Waals surface area contributed by atoms with Crippen LogP contribution in [0.25, 0.3) is 10.9 Å². The molecular formula is C10H7BrN2O3. The van der Waals surface area contributed by atoms with Gasteiger partial charge in [-0.2, -0.15) is 0 Å². The van der Waals surface area contributed by atoms with Crippen LogP contribution in [0.2, 0.25) is 0 Å². The highest BCUT2D eigenvalue weighted by Crippen LogP contribution is 2.33. The third-order valence-electron chi connectivity index (χ3n) is 2.19. The number of nitro benzene ring substituents is 1. The molecule has 0 N–H and O–H groups in total. The van der Waals surface area contributed by atoms with E-state index in [9.17, 15) is 10.1 Å². The monoisotopic (exact) mass is 282 g/mol. The van der Waals surface area contributed by atoms with Gasteiger partial charge in [-0.1, -0.05) is 15.9 Å². The lowest BCUT2D eigenvalue weighted by Gasteiger charge is -2.04. The number of benzene rings is 1. The summed E-state index contributed by atoms with van der Waals surface area (Å²) in [5.41, 5.74) is 0.584. The lowest BCUT2D eigenvalue weighted by Crippen LogP contribution is -1.94. The summed E-state index contributed by atoms with van der Waals surface area (Å²) in [7, 11) is 1.39. The molecule has 0 saturated heterocycles. The zero-order valence-electron chi connectivity index (χ0n) is 8.31. The molecule has 0 aliphatic carbocycles. The summed E-state index contributed by atoms with van der Waals surface area (Å²) < 4.78 is 5.72. The van der Waals surface area contributed by atoms with Crippen LogP contribution in [0.5, 0.6) is 5.75 Å². The van der Waals surface area contributed by atoms with Gasteiger partial charge in [-0.05, 0) is 6.07 Å². The first kappa shape index (κ1) is 10.8. The summed E-state index contributed by atoms with van der Waals surface area (Å²) in [5.74, 6) is 0.211. The highest BCUT2D eigenvalue weighted by atomic mass is 79.9. The van der Waals surface area contributed by atoms with Crippen molar-refractivity contribution in [2.24, 2.45) is 0 Å². The number of halogens is 1. The first-order valence-corrected chi connectivity index (χ1v) is 5.19. The van der Waals surface area contributed by atoms with E-state index in [2.05, 4.69) is 20.9 Å². The van der Waals surface area contributed by atoms with Crippen LogP contribution in [0.15, 0.2) is 28.9 Å². The van der Waals surface area contributed by atoms with Crippen LogP contribution in [0.1, 0.15) is 0 Å². The van der Waals surface area contributed by atoms with Gasteiger partial charge in [0, 0.05) is 28.2 Å². The lowest BCUT2D eigenvalue weighted by atomic mass is 10.2. The van der Waals surface area contributed by atoms with Gasteiger partial charge in [0.05, 0.1) is 17.5 Å². The van der Waals surface area contributed by atoms with Gasteiger partial charge in [-0.25, -0.2) is 0 Å². The van der Waals surface area contributed by atoms with Crippen molar-refractivity contribution in [3.8, 4) is 5.75 Å². The van der Waals surface area contributed by atoms with Crippen LogP contribution in [-0.4, -0.2) is 17.0 Å². The fraction of sp³-hybridized carbons (Fsp3) is 0.100. The van der Waals surface area contributed by atoms with E-state index < -0.39 is 4.92 Å². The molecule has 0 unspecified atom stereocenters. The van der Waals surface area contributed by atoms with Gasteiger partial charge >= 0.3 is 5.69 Å². The van der Waals surface area contributed by atoms with Crippen molar-refractivity contribution >= 4 is 32.5 Å². The minimum Gasteiger partial charge on any atom is -0.490 e. The molecule has 2 rings (SSSR count). The highest BCUT2D eigenvalue weighted by molar-refractivity contribution is 9.10. The molecule has 0 bridgehead atoms. The van der Waals surface area contributed by atoms with Crippen molar-refractivity contribution in [1.82, 2.24) is 4.98 Å². The van der Waals surface area contributed by atoms with E-state index in [1.54, 1.807) is 18.3 Å². The second kappa shape index (κ2) is 4.05. The Morgan fingerprint density at radius 3 is 2.88 bits per heavy atom. The van der Waals surface area contributed by atoms with Crippen molar-refractivity contribution in [3.63, 3.8) is 0 Å². The standard InChI is InChI=1S/C10H7BrN2O3/c1-16-10-5-8-6(4-9(10)13(14)15)7(11)2-3-12-8/h2-5H,1H3. The van der Waals surface area contributed by atoms with Gasteiger partial charge in [-0.3, -0.25) is 15.1 Å². The Labute approximate surface area is 99.3 Å². The van der Waals surface area contributed by atoms with Crippen LogP contribution >= 0.6 is 15.9 Å². The summed E-state index contributed by atoms with van der Waals surface area (Å²) in [6.45, 7) is 0. The summed E-state index contributed by atoms with van der Waals surface area (Å²) in [4.78, 5) is 14.5. The predicted octanol–water partition coefficient (Wildman–Crippen LogP) is 2.91. The molecule has 6 heteroatoms. The number of nitro groups is 1. The minimum absolute atomic E-state index is 0.0660. The molecule has 0 saturated carbocycles. The number of fused-ring (bicyclic) bond motifs is 1. The van der Waals surface area contributed by atoms with E-state index in [0.29, 0.717) is 10.9 Å². The Hall–Kier alpha value is -1.69. The summed E-state index contributed by atoms with van der Waals surface area (Å²) in [5, 5.41) is 11.5. The van der Waals surface area contributed by atoms with E-state index in [4.69, 9.17) is 4.74 Å². The molecule has 16 heavy (non-hydrogen) atoms. The Morgan fingerprint density at radius 2 is 2.25 bits per heavy atom. The maximum Gasteiger partial charge on any atom is 0.311 e. The molecule has 0 radical (unpaired) electrons. The fourth-order valence-corrected chi connectivity index (χ4v) is 1.87. The van der Waals surface area contributed by atoms with Crippen molar-refractivity contribution < 1.29 is 9.66 Å². The van der Waals surface area contributed by atoms with Gasteiger partial charge in [-0.15, -0.1) is 0 Å². The normalized spacial score (nSPS) is 10.4. The molecule has 0 fully saturated rings. The van der Waals surface area contributed by atoms with Crippen molar-refractivity contribution in [1.29, 1.82) is 0 Å². The molecule has 1 aromatic heterocycles. The number of pyridine rings is 1. The van der Waals surface area contributed by atoms with E-state index in [0.717, 1.165) is 4.47 Å². The molecule has 82 valence electrons. The molecule has 5 nitrogen and oxygen atoms in total. The van der Waals surface area contributed by atoms with Gasteiger partial charge < -0.3 is 4.74 Å². The summed E-state index contributed by atoms with van der Waals surface area (Å²) >= 11 is 3.32. The number of hydrogen-bond donors (Lipinski definition) is 0.